The Labute approximate surface area is 152 Å². The number of benzene rings is 2. The van der Waals surface area contributed by atoms with E-state index in [4.69, 9.17) is 5.26 Å². The molecule has 0 aliphatic carbocycles. The molecule has 3 aromatic rings. The van der Waals surface area contributed by atoms with Gasteiger partial charge in [0.1, 0.15) is 11.8 Å². The maximum atomic E-state index is 11.6. The summed E-state index contributed by atoms with van der Waals surface area (Å²) >= 11 is 0. The quantitative estimate of drug-likeness (QED) is 0.750. The number of aromatic nitrogens is 1. The molecular weight excluding hydrogens is 348 g/mol. The van der Waals surface area contributed by atoms with Crippen molar-refractivity contribution in [3.8, 4) is 6.07 Å². The third-order valence-corrected chi connectivity index (χ3v) is 5.32. The molecule has 0 unspecified atom stereocenters. The summed E-state index contributed by atoms with van der Waals surface area (Å²) in [4.78, 5) is 4.30. The van der Waals surface area contributed by atoms with Gasteiger partial charge in [0.15, 0.2) is 0 Å². The van der Waals surface area contributed by atoms with E-state index >= 15 is 0 Å². The first-order chi connectivity index (χ1) is 12.4. The molecule has 1 N–H and O–H groups in total. The topological polar surface area (TPSA) is 86.1 Å². The number of hydrogen-bond acceptors (Lipinski definition) is 5. The minimum atomic E-state index is -3.28. The summed E-state index contributed by atoms with van der Waals surface area (Å²) in [5.41, 5.74) is 3.56. The summed E-state index contributed by atoms with van der Waals surface area (Å²) in [6.07, 6.45) is 1.17. The molecule has 26 heavy (non-hydrogen) atoms. The van der Waals surface area contributed by atoms with Crippen LogP contribution in [0.5, 0.6) is 0 Å². The van der Waals surface area contributed by atoms with Crippen LogP contribution in [0.15, 0.2) is 54.6 Å². The Balaban J connectivity index is 1.82. The van der Waals surface area contributed by atoms with Crippen molar-refractivity contribution >= 4 is 32.3 Å². The van der Waals surface area contributed by atoms with Crippen LogP contribution in [0.1, 0.15) is 11.3 Å². The van der Waals surface area contributed by atoms with Crippen molar-refractivity contribution in [3.05, 3.63) is 65.9 Å². The Kier molecular flexibility index (Phi) is 4.78. The van der Waals surface area contributed by atoms with Gasteiger partial charge in [-0.25, -0.2) is 13.4 Å². The number of rotatable bonds is 5. The normalized spacial score (nSPS) is 11.1. The molecule has 1 heterocycles. The highest BCUT2D eigenvalue weighted by Gasteiger charge is 2.11. The first kappa shape index (κ1) is 17.7. The Morgan fingerprint density at radius 3 is 2.50 bits per heavy atom. The van der Waals surface area contributed by atoms with Crippen LogP contribution in [-0.4, -0.2) is 26.7 Å². The van der Waals surface area contributed by atoms with Gasteiger partial charge in [0.05, 0.1) is 17.5 Å². The molecule has 1 aromatic heterocycles. The fourth-order valence-electron chi connectivity index (χ4n) is 2.59. The van der Waals surface area contributed by atoms with Crippen LogP contribution < -0.4 is 9.62 Å². The van der Waals surface area contributed by atoms with Crippen molar-refractivity contribution in [2.75, 3.05) is 22.9 Å². The van der Waals surface area contributed by atoms with E-state index in [-0.39, 0.29) is 0 Å². The van der Waals surface area contributed by atoms with E-state index in [1.54, 1.807) is 18.2 Å². The third-order valence-electron chi connectivity index (χ3n) is 4.11. The summed E-state index contributed by atoms with van der Waals surface area (Å²) in [7, 11) is -1.75. The molecule has 0 fully saturated rings. The van der Waals surface area contributed by atoms with Crippen LogP contribution >= 0.6 is 0 Å². The maximum Gasteiger partial charge on any atom is 0.231 e. The smallest absolute Gasteiger partial charge is 0.231 e. The van der Waals surface area contributed by atoms with Crippen molar-refractivity contribution in [2.24, 2.45) is 0 Å². The number of nitrogens with one attached hydrogen (secondary N) is 1. The molecule has 0 spiro atoms. The minimum absolute atomic E-state index is 0.358. The molecule has 0 aliphatic heterocycles. The summed E-state index contributed by atoms with van der Waals surface area (Å²) < 4.78 is 24.4. The van der Waals surface area contributed by atoms with E-state index in [1.165, 1.54) is 17.6 Å². The molecule has 0 atom stereocenters. The van der Waals surface area contributed by atoms with E-state index < -0.39 is 10.0 Å². The second-order valence-corrected chi connectivity index (χ2v) is 7.95. The summed E-state index contributed by atoms with van der Waals surface area (Å²) in [6.45, 7) is 0.543. The molecule has 0 saturated carbocycles. The summed E-state index contributed by atoms with van der Waals surface area (Å²) in [5.74, 6) is 0. The molecule has 0 saturated heterocycles. The number of pyridine rings is 1. The van der Waals surface area contributed by atoms with Crippen LogP contribution in [0.4, 0.5) is 11.4 Å². The largest absolute Gasteiger partial charge is 0.380 e. The molecule has 0 bridgehead atoms. The van der Waals surface area contributed by atoms with E-state index in [1.807, 2.05) is 36.4 Å². The van der Waals surface area contributed by atoms with Gasteiger partial charge in [0.2, 0.25) is 10.0 Å². The lowest BCUT2D eigenvalue weighted by molar-refractivity contribution is 0.600. The number of sulfonamides is 1. The second kappa shape index (κ2) is 7.02. The van der Waals surface area contributed by atoms with Gasteiger partial charge in [-0.1, -0.05) is 30.3 Å². The van der Waals surface area contributed by atoms with Crippen LogP contribution in [0.3, 0.4) is 0 Å². The number of fused-ring (bicyclic) bond motifs is 1. The van der Waals surface area contributed by atoms with Crippen LogP contribution in [-0.2, 0) is 16.6 Å². The zero-order chi connectivity index (χ0) is 18.7. The highest BCUT2D eigenvalue weighted by Crippen LogP contribution is 2.24. The Morgan fingerprint density at radius 2 is 1.85 bits per heavy atom. The molecular formula is C19H18N4O2S. The molecule has 0 amide bonds. The first-order valence-electron chi connectivity index (χ1n) is 7.95. The standard InChI is InChI=1S/C19H18N4O2S/c1-23(26(2,24)25)16-9-7-14(8-10-16)13-21-19-11-15(12-20)22-18-6-4-3-5-17(18)19/h3-11H,13H2,1-2H3,(H,21,22). The molecule has 3 rings (SSSR count). The van der Waals surface area contributed by atoms with Gasteiger partial charge >= 0.3 is 0 Å². The van der Waals surface area contributed by atoms with Crippen LogP contribution in [0, 0.1) is 11.3 Å². The third kappa shape index (κ3) is 3.76. The number of para-hydroxylation sites is 1. The van der Waals surface area contributed by atoms with E-state index in [0.29, 0.717) is 17.9 Å². The summed E-state index contributed by atoms with van der Waals surface area (Å²) in [6, 6.07) is 18.7. The van der Waals surface area contributed by atoms with Gasteiger partial charge in [-0.2, -0.15) is 5.26 Å². The Hall–Kier alpha value is -3.11. The lowest BCUT2D eigenvalue weighted by Crippen LogP contribution is -2.24. The zero-order valence-electron chi connectivity index (χ0n) is 14.5. The molecule has 132 valence electrons. The number of nitriles is 1. The summed E-state index contributed by atoms with van der Waals surface area (Å²) in [5, 5.41) is 13.4. The molecule has 0 aliphatic rings. The molecule has 0 radical (unpaired) electrons. The van der Waals surface area contributed by atoms with Crippen molar-refractivity contribution in [3.63, 3.8) is 0 Å². The molecule has 7 heteroatoms. The van der Waals surface area contributed by atoms with Crippen LogP contribution in [0.2, 0.25) is 0 Å². The fourth-order valence-corrected chi connectivity index (χ4v) is 3.10. The minimum Gasteiger partial charge on any atom is -0.380 e. The van der Waals surface area contributed by atoms with Crippen molar-refractivity contribution in [2.45, 2.75) is 6.54 Å². The lowest BCUT2D eigenvalue weighted by atomic mass is 10.1. The number of nitrogens with zero attached hydrogens (tertiary/aromatic N) is 3. The van der Waals surface area contributed by atoms with Gasteiger partial charge in [0, 0.05) is 24.7 Å². The Bertz CT molecular complexity index is 1090. The van der Waals surface area contributed by atoms with Gasteiger partial charge in [-0.3, -0.25) is 4.31 Å². The Morgan fingerprint density at radius 1 is 1.15 bits per heavy atom. The van der Waals surface area contributed by atoms with E-state index in [0.717, 1.165) is 22.2 Å². The van der Waals surface area contributed by atoms with Gasteiger partial charge in [-0.05, 0) is 29.8 Å². The highest BCUT2D eigenvalue weighted by molar-refractivity contribution is 7.92. The van der Waals surface area contributed by atoms with E-state index in [9.17, 15) is 8.42 Å². The SMILES string of the molecule is CN(c1ccc(CNc2cc(C#N)nc3ccccc23)cc1)S(C)(=O)=O. The van der Waals surface area contributed by atoms with Crippen molar-refractivity contribution < 1.29 is 8.42 Å². The van der Waals surface area contributed by atoms with E-state index in [2.05, 4.69) is 16.4 Å². The monoisotopic (exact) mass is 366 g/mol. The highest BCUT2D eigenvalue weighted by atomic mass is 32.2. The maximum absolute atomic E-state index is 11.6. The fraction of sp³-hybridized carbons (Fsp3) is 0.158. The average Bonchev–Trinajstić information content (AvgIpc) is 2.65. The van der Waals surface area contributed by atoms with Gasteiger partial charge < -0.3 is 5.32 Å². The predicted octanol–water partition coefficient (Wildman–Crippen LogP) is 3.11. The molecule has 2 aromatic carbocycles. The van der Waals surface area contributed by atoms with Crippen molar-refractivity contribution in [1.82, 2.24) is 4.98 Å². The number of anilines is 2. The first-order valence-corrected chi connectivity index (χ1v) is 9.80. The lowest BCUT2D eigenvalue weighted by Gasteiger charge is -2.17. The average molecular weight is 366 g/mol. The number of hydrogen-bond donors (Lipinski definition) is 1. The van der Waals surface area contributed by atoms with Gasteiger partial charge in [0.25, 0.3) is 0 Å². The second-order valence-electron chi connectivity index (χ2n) is 5.93. The molecule has 6 nitrogen and oxygen atoms in total. The van der Waals surface area contributed by atoms with Crippen LogP contribution in [0.25, 0.3) is 10.9 Å². The van der Waals surface area contributed by atoms with Gasteiger partial charge in [-0.15, -0.1) is 0 Å². The zero-order valence-corrected chi connectivity index (χ0v) is 15.3. The predicted molar refractivity (Wildman–Crippen MR) is 103 cm³/mol. The van der Waals surface area contributed by atoms with Crippen molar-refractivity contribution in [1.29, 1.82) is 5.26 Å².